The summed E-state index contributed by atoms with van der Waals surface area (Å²) in [6.45, 7) is 7.91. The first-order valence-electron chi connectivity index (χ1n) is 7.50. The molecule has 1 heterocycles. The van der Waals surface area contributed by atoms with Crippen LogP contribution < -0.4 is 16.0 Å². The summed E-state index contributed by atoms with van der Waals surface area (Å²) in [4.78, 5) is 13.5. The van der Waals surface area contributed by atoms with Gasteiger partial charge in [-0.3, -0.25) is 4.79 Å². The van der Waals surface area contributed by atoms with Gasteiger partial charge in [-0.05, 0) is 36.6 Å². The first-order valence-corrected chi connectivity index (χ1v) is 8.30. The lowest BCUT2D eigenvalue weighted by atomic mass is 10.1. The Kier molecular flexibility index (Phi) is 5.65. The highest BCUT2D eigenvalue weighted by Crippen LogP contribution is 2.28. The van der Waals surface area contributed by atoms with Gasteiger partial charge in [0.2, 0.25) is 5.91 Å². The maximum atomic E-state index is 11.3. The Hall–Kier alpha value is -1.07. The maximum absolute atomic E-state index is 11.3. The smallest absolute Gasteiger partial charge is 0.222 e. The van der Waals surface area contributed by atoms with Gasteiger partial charge in [0.05, 0.1) is 5.92 Å². The summed E-state index contributed by atoms with van der Waals surface area (Å²) in [5.41, 5.74) is 7.79. The SMILES string of the molecule is CC(C)CNCc1ccc(N2CCC(C(N)=O)C2)cc1Br. The zero-order valence-electron chi connectivity index (χ0n) is 12.7. The van der Waals surface area contributed by atoms with E-state index in [1.54, 1.807) is 0 Å². The molecule has 1 atom stereocenters. The summed E-state index contributed by atoms with van der Waals surface area (Å²) in [7, 11) is 0. The number of anilines is 1. The topological polar surface area (TPSA) is 58.4 Å². The molecule has 1 aliphatic rings. The van der Waals surface area contributed by atoms with Crippen LogP contribution in [0.25, 0.3) is 0 Å². The summed E-state index contributed by atoms with van der Waals surface area (Å²) < 4.78 is 1.11. The highest BCUT2D eigenvalue weighted by Gasteiger charge is 2.26. The van der Waals surface area contributed by atoms with Gasteiger partial charge < -0.3 is 16.0 Å². The molecule has 1 fully saturated rings. The van der Waals surface area contributed by atoms with Crippen LogP contribution in [0.1, 0.15) is 25.8 Å². The highest BCUT2D eigenvalue weighted by atomic mass is 79.9. The Labute approximate surface area is 135 Å². The third-order valence-corrected chi connectivity index (χ3v) is 4.60. The number of amides is 1. The molecule has 5 heteroatoms. The minimum absolute atomic E-state index is 0.0174. The van der Waals surface area contributed by atoms with Crippen LogP contribution in [-0.4, -0.2) is 25.5 Å². The van der Waals surface area contributed by atoms with E-state index < -0.39 is 0 Å². The van der Waals surface area contributed by atoms with E-state index in [0.717, 1.165) is 42.8 Å². The highest BCUT2D eigenvalue weighted by molar-refractivity contribution is 9.10. The van der Waals surface area contributed by atoms with Gasteiger partial charge in [-0.2, -0.15) is 0 Å². The first-order chi connectivity index (χ1) is 9.97. The van der Waals surface area contributed by atoms with Crippen molar-refractivity contribution < 1.29 is 4.79 Å². The molecule has 1 amide bonds. The second kappa shape index (κ2) is 7.27. The largest absolute Gasteiger partial charge is 0.371 e. The Bertz CT molecular complexity index is 504. The molecule has 0 spiro atoms. The van der Waals surface area contributed by atoms with Crippen molar-refractivity contribution >= 4 is 27.5 Å². The molecule has 1 aromatic rings. The molecule has 1 aromatic carbocycles. The van der Waals surface area contributed by atoms with Gasteiger partial charge in [0.15, 0.2) is 0 Å². The minimum atomic E-state index is -0.189. The van der Waals surface area contributed by atoms with Gasteiger partial charge in [0.25, 0.3) is 0 Å². The summed E-state index contributed by atoms with van der Waals surface area (Å²) in [5.74, 6) is 0.445. The molecule has 1 aliphatic heterocycles. The van der Waals surface area contributed by atoms with Crippen LogP contribution in [-0.2, 0) is 11.3 Å². The molecular weight excluding hydrogens is 330 g/mol. The molecule has 4 nitrogen and oxygen atoms in total. The van der Waals surface area contributed by atoms with Crippen LogP contribution in [0.3, 0.4) is 0 Å². The Balaban J connectivity index is 1.97. The van der Waals surface area contributed by atoms with Gasteiger partial charge in [-0.1, -0.05) is 35.8 Å². The summed E-state index contributed by atoms with van der Waals surface area (Å²) in [6, 6.07) is 6.40. The standard InChI is InChI=1S/C16H24BrN3O/c1-11(2)8-19-9-12-3-4-14(7-15(12)17)20-6-5-13(10-20)16(18)21/h3-4,7,11,13,19H,5-6,8-10H2,1-2H3,(H2,18,21). The van der Waals surface area contributed by atoms with E-state index >= 15 is 0 Å². The molecule has 0 bridgehead atoms. The number of hydrogen-bond donors (Lipinski definition) is 2. The van der Waals surface area contributed by atoms with E-state index in [2.05, 4.69) is 58.2 Å². The number of rotatable bonds is 6. The number of hydrogen-bond acceptors (Lipinski definition) is 3. The Morgan fingerprint density at radius 2 is 2.29 bits per heavy atom. The van der Waals surface area contributed by atoms with E-state index in [4.69, 9.17) is 5.73 Å². The van der Waals surface area contributed by atoms with Crippen molar-refractivity contribution in [1.29, 1.82) is 0 Å². The van der Waals surface area contributed by atoms with Crippen LogP contribution in [0.15, 0.2) is 22.7 Å². The van der Waals surface area contributed by atoms with Crippen molar-refractivity contribution in [2.24, 2.45) is 17.6 Å². The maximum Gasteiger partial charge on any atom is 0.222 e. The van der Waals surface area contributed by atoms with Gasteiger partial charge in [-0.25, -0.2) is 0 Å². The van der Waals surface area contributed by atoms with E-state index in [0.29, 0.717) is 5.92 Å². The van der Waals surface area contributed by atoms with Crippen molar-refractivity contribution in [2.45, 2.75) is 26.8 Å². The molecule has 0 aliphatic carbocycles. The summed E-state index contributed by atoms with van der Waals surface area (Å²) in [5, 5.41) is 3.45. The third kappa shape index (κ3) is 4.45. The van der Waals surface area contributed by atoms with Crippen LogP contribution in [0.5, 0.6) is 0 Å². The monoisotopic (exact) mass is 353 g/mol. The number of carbonyl (C=O) groups is 1. The number of carbonyl (C=O) groups excluding carboxylic acids is 1. The van der Waals surface area contributed by atoms with Crippen molar-refractivity contribution in [2.75, 3.05) is 24.5 Å². The number of nitrogens with two attached hydrogens (primary N) is 1. The third-order valence-electron chi connectivity index (χ3n) is 3.86. The van der Waals surface area contributed by atoms with Gasteiger partial charge >= 0.3 is 0 Å². The number of primary amides is 1. The molecule has 0 saturated carbocycles. The fraction of sp³-hybridized carbons (Fsp3) is 0.562. The molecular formula is C16H24BrN3O. The van der Waals surface area contributed by atoms with Gasteiger partial charge in [0.1, 0.15) is 0 Å². The lowest BCUT2D eigenvalue weighted by Gasteiger charge is -2.19. The molecule has 0 radical (unpaired) electrons. The molecule has 116 valence electrons. The number of nitrogens with one attached hydrogen (secondary N) is 1. The van der Waals surface area contributed by atoms with Crippen molar-refractivity contribution in [3.63, 3.8) is 0 Å². The number of nitrogens with zero attached hydrogens (tertiary/aromatic N) is 1. The molecule has 1 saturated heterocycles. The summed E-state index contributed by atoms with van der Waals surface area (Å²) in [6.07, 6.45) is 0.852. The summed E-state index contributed by atoms with van der Waals surface area (Å²) >= 11 is 3.65. The lowest BCUT2D eigenvalue weighted by Crippen LogP contribution is -2.27. The molecule has 21 heavy (non-hydrogen) atoms. The van der Waals surface area contributed by atoms with E-state index in [-0.39, 0.29) is 11.8 Å². The van der Waals surface area contributed by atoms with Crippen LogP contribution in [0.2, 0.25) is 0 Å². The molecule has 0 aromatic heterocycles. The predicted octanol–water partition coefficient (Wildman–Crippen LogP) is 2.51. The van der Waals surface area contributed by atoms with Crippen molar-refractivity contribution in [1.82, 2.24) is 5.32 Å². The molecule has 1 unspecified atom stereocenters. The normalized spacial score (nSPS) is 18.5. The average Bonchev–Trinajstić information content (AvgIpc) is 2.90. The quantitative estimate of drug-likeness (QED) is 0.825. The van der Waals surface area contributed by atoms with Crippen molar-refractivity contribution in [3.05, 3.63) is 28.2 Å². The average molecular weight is 354 g/mol. The lowest BCUT2D eigenvalue weighted by molar-refractivity contribution is -0.121. The second-order valence-electron chi connectivity index (χ2n) is 6.13. The Morgan fingerprint density at radius 3 is 2.86 bits per heavy atom. The molecule has 2 rings (SSSR count). The zero-order valence-corrected chi connectivity index (χ0v) is 14.3. The van der Waals surface area contributed by atoms with Crippen LogP contribution in [0, 0.1) is 11.8 Å². The van der Waals surface area contributed by atoms with Gasteiger partial charge in [-0.15, -0.1) is 0 Å². The van der Waals surface area contributed by atoms with Crippen molar-refractivity contribution in [3.8, 4) is 0 Å². The first kappa shape index (κ1) is 16.3. The van der Waals surface area contributed by atoms with Crippen LogP contribution in [0.4, 0.5) is 5.69 Å². The Morgan fingerprint density at radius 1 is 1.52 bits per heavy atom. The minimum Gasteiger partial charge on any atom is -0.371 e. The van der Waals surface area contributed by atoms with Crippen LogP contribution >= 0.6 is 15.9 Å². The van der Waals surface area contributed by atoms with E-state index in [1.807, 2.05) is 0 Å². The molecule has 3 N–H and O–H groups in total. The zero-order chi connectivity index (χ0) is 15.4. The number of benzene rings is 1. The van der Waals surface area contributed by atoms with Gasteiger partial charge in [0, 0.05) is 29.8 Å². The number of halogens is 1. The second-order valence-corrected chi connectivity index (χ2v) is 6.99. The predicted molar refractivity (Wildman–Crippen MR) is 90.2 cm³/mol. The van der Waals surface area contributed by atoms with E-state index in [9.17, 15) is 4.79 Å². The fourth-order valence-electron chi connectivity index (χ4n) is 2.60. The fourth-order valence-corrected chi connectivity index (χ4v) is 3.11. The van der Waals surface area contributed by atoms with E-state index in [1.165, 1.54) is 5.56 Å².